The molecule has 7 nitrogen and oxygen atoms in total. The Hall–Kier alpha value is -2.04. The van der Waals surface area contributed by atoms with E-state index in [9.17, 15) is 8.42 Å². The van der Waals surface area contributed by atoms with Gasteiger partial charge in [0.05, 0.1) is 12.3 Å². The van der Waals surface area contributed by atoms with Crippen LogP contribution >= 0.6 is 23.8 Å². The maximum Gasteiger partial charge on any atom is 0.303 e. The number of halogens is 1. The Kier molecular flexibility index (Phi) is 6.59. The topological polar surface area (TPSA) is 68.2 Å². The van der Waals surface area contributed by atoms with Gasteiger partial charge < -0.3 is 4.90 Å². The van der Waals surface area contributed by atoms with E-state index >= 15 is 0 Å². The van der Waals surface area contributed by atoms with Gasteiger partial charge in [-0.1, -0.05) is 54.1 Å². The zero-order valence-corrected chi connectivity index (χ0v) is 19.5. The van der Waals surface area contributed by atoms with Crippen LogP contribution in [0, 0.1) is 0 Å². The third-order valence-corrected chi connectivity index (χ3v) is 7.70. The number of hydrogen-bond donors (Lipinski definition) is 1. The maximum atomic E-state index is 12.8. The van der Waals surface area contributed by atoms with Gasteiger partial charge >= 0.3 is 10.2 Å². The van der Waals surface area contributed by atoms with Crippen molar-refractivity contribution in [2.45, 2.75) is 5.92 Å². The van der Waals surface area contributed by atoms with E-state index in [2.05, 4.69) is 9.62 Å². The lowest BCUT2D eigenvalue weighted by molar-refractivity contribution is 0.221. The molecule has 0 aliphatic carbocycles. The van der Waals surface area contributed by atoms with Crippen LogP contribution in [0.1, 0.15) is 17.0 Å². The highest BCUT2D eigenvalue weighted by atomic mass is 35.5. The molecule has 1 unspecified atom stereocenters. The largest absolute Gasteiger partial charge is 0.304 e. The van der Waals surface area contributed by atoms with Crippen molar-refractivity contribution in [1.29, 1.82) is 0 Å². The molecule has 1 saturated heterocycles. The second kappa shape index (κ2) is 9.22. The van der Waals surface area contributed by atoms with E-state index in [0.29, 0.717) is 37.7 Å². The van der Waals surface area contributed by atoms with Crippen LogP contribution in [0.2, 0.25) is 5.02 Å². The molecule has 1 fully saturated rings. The molecule has 31 heavy (non-hydrogen) atoms. The number of thiocarbonyl (C=S) groups is 1. The molecule has 2 aromatic carbocycles. The predicted molar refractivity (Wildman–Crippen MR) is 128 cm³/mol. The summed E-state index contributed by atoms with van der Waals surface area (Å²) < 4.78 is 29.6. The minimum atomic E-state index is -3.73. The van der Waals surface area contributed by atoms with Gasteiger partial charge in [-0.25, -0.2) is 9.73 Å². The molecule has 1 atom stereocenters. The average Bonchev–Trinajstić information content (AvgIpc) is 3.21. The summed E-state index contributed by atoms with van der Waals surface area (Å²) in [6.45, 7) is 2.69. The van der Waals surface area contributed by atoms with Crippen molar-refractivity contribution in [2.75, 3.05) is 39.8 Å². The van der Waals surface area contributed by atoms with Gasteiger partial charge in [-0.3, -0.25) is 0 Å². The number of piperazine rings is 1. The van der Waals surface area contributed by atoms with Crippen molar-refractivity contribution in [3.63, 3.8) is 0 Å². The van der Waals surface area contributed by atoms with Crippen LogP contribution in [-0.2, 0) is 10.2 Å². The van der Waals surface area contributed by atoms with Gasteiger partial charge in [0.1, 0.15) is 0 Å². The second-order valence-electron chi connectivity index (χ2n) is 7.65. The molecule has 2 aliphatic rings. The molecular formula is C21H24ClN5O2S2. The van der Waals surface area contributed by atoms with Gasteiger partial charge in [0.15, 0.2) is 0 Å². The van der Waals surface area contributed by atoms with Crippen LogP contribution < -0.4 is 4.72 Å². The number of hydrogen-bond acceptors (Lipinski definition) is 5. The van der Waals surface area contributed by atoms with Gasteiger partial charge in [0.2, 0.25) is 5.11 Å². The lowest BCUT2D eigenvalue weighted by atomic mass is 9.91. The Balaban J connectivity index is 1.56. The van der Waals surface area contributed by atoms with Crippen molar-refractivity contribution < 1.29 is 8.42 Å². The van der Waals surface area contributed by atoms with Crippen LogP contribution in [-0.4, -0.2) is 73.2 Å². The average molecular weight is 478 g/mol. The Labute approximate surface area is 193 Å². The number of nitrogens with zero attached hydrogens (tertiary/aromatic N) is 4. The van der Waals surface area contributed by atoms with Gasteiger partial charge in [-0.05, 0) is 42.5 Å². The molecule has 164 valence electrons. The number of nitrogens with one attached hydrogen (secondary N) is 1. The number of rotatable bonds is 4. The van der Waals surface area contributed by atoms with Crippen molar-refractivity contribution in [1.82, 2.24) is 18.9 Å². The molecule has 0 aromatic heterocycles. The minimum absolute atomic E-state index is 0.0477. The Morgan fingerprint density at radius 1 is 1.06 bits per heavy atom. The fourth-order valence-electron chi connectivity index (χ4n) is 3.71. The summed E-state index contributed by atoms with van der Waals surface area (Å²) in [5.41, 5.74) is 2.83. The normalized spacial score (nSPS) is 20.5. The number of hydrazone groups is 1. The molecule has 4 rings (SSSR count). The summed E-state index contributed by atoms with van der Waals surface area (Å²) in [4.78, 5) is 2.10. The molecule has 10 heteroatoms. The standard InChI is InChI=1S/C21H24ClN5O2S2/c1-25-11-13-26(14-12-25)31(28,29)24-21(30)27-15-19(16-5-3-2-4-6-16)20(23-27)17-7-9-18(22)10-8-17/h2-10,19H,11-15H2,1H3,(H,24,30). The zero-order valence-electron chi connectivity index (χ0n) is 17.1. The highest BCUT2D eigenvalue weighted by molar-refractivity contribution is 7.89. The van der Waals surface area contributed by atoms with Crippen LogP contribution in [0.4, 0.5) is 0 Å². The molecule has 0 saturated carbocycles. The van der Waals surface area contributed by atoms with E-state index in [0.717, 1.165) is 16.8 Å². The van der Waals surface area contributed by atoms with Crippen molar-refractivity contribution >= 4 is 44.9 Å². The molecule has 2 aliphatic heterocycles. The van der Waals surface area contributed by atoms with Gasteiger partial charge in [0, 0.05) is 37.1 Å². The van der Waals surface area contributed by atoms with Crippen LogP contribution in [0.15, 0.2) is 59.7 Å². The molecule has 0 amide bonds. The van der Waals surface area contributed by atoms with Gasteiger partial charge in [-0.2, -0.15) is 17.8 Å². The summed E-state index contributed by atoms with van der Waals surface area (Å²) in [5.74, 6) is -0.0477. The van der Waals surface area contributed by atoms with E-state index in [-0.39, 0.29) is 11.0 Å². The molecule has 2 heterocycles. The highest BCUT2D eigenvalue weighted by Crippen LogP contribution is 2.29. The summed E-state index contributed by atoms with van der Waals surface area (Å²) >= 11 is 11.5. The molecule has 2 aromatic rings. The summed E-state index contributed by atoms with van der Waals surface area (Å²) in [6, 6.07) is 17.5. The quantitative estimate of drug-likeness (QED) is 0.685. The highest BCUT2D eigenvalue weighted by Gasteiger charge is 2.33. The van der Waals surface area contributed by atoms with Crippen LogP contribution in [0.3, 0.4) is 0 Å². The van der Waals surface area contributed by atoms with E-state index in [1.807, 2.05) is 61.6 Å². The number of likely N-dealkylation sites (N-methyl/N-ethyl adjacent to an activating group) is 1. The van der Waals surface area contributed by atoms with Crippen molar-refractivity contribution in [3.8, 4) is 0 Å². The molecular weight excluding hydrogens is 454 g/mol. The lowest BCUT2D eigenvalue weighted by Crippen LogP contribution is -2.53. The first-order valence-electron chi connectivity index (χ1n) is 10.0. The Bertz CT molecular complexity index is 1070. The van der Waals surface area contributed by atoms with Crippen molar-refractivity contribution in [2.24, 2.45) is 5.10 Å². The first-order chi connectivity index (χ1) is 14.8. The third kappa shape index (κ3) is 5.07. The van der Waals surface area contributed by atoms with Gasteiger partial charge in [0.25, 0.3) is 0 Å². The summed E-state index contributed by atoms with van der Waals surface area (Å²) in [5, 5.41) is 6.98. The van der Waals surface area contributed by atoms with E-state index < -0.39 is 10.2 Å². The summed E-state index contributed by atoms with van der Waals surface area (Å²) in [6.07, 6.45) is 0. The number of benzene rings is 2. The maximum absolute atomic E-state index is 12.8. The van der Waals surface area contributed by atoms with E-state index in [1.54, 1.807) is 5.01 Å². The van der Waals surface area contributed by atoms with Crippen LogP contribution in [0.5, 0.6) is 0 Å². The minimum Gasteiger partial charge on any atom is -0.304 e. The molecule has 0 bridgehead atoms. The summed E-state index contributed by atoms with van der Waals surface area (Å²) in [7, 11) is -1.75. The SMILES string of the molecule is CN1CCN(S(=O)(=O)NC(=S)N2CC(c3ccccc3)C(c3ccc(Cl)cc3)=N2)CC1. The first-order valence-corrected chi connectivity index (χ1v) is 12.2. The predicted octanol–water partition coefficient (Wildman–Crippen LogP) is 2.51. The first kappa shape index (κ1) is 22.2. The molecule has 1 N–H and O–H groups in total. The zero-order chi connectivity index (χ0) is 22.0. The smallest absolute Gasteiger partial charge is 0.303 e. The lowest BCUT2D eigenvalue weighted by Gasteiger charge is -2.32. The van der Waals surface area contributed by atoms with E-state index in [1.165, 1.54) is 4.31 Å². The second-order valence-corrected chi connectivity index (χ2v) is 10.1. The van der Waals surface area contributed by atoms with Gasteiger partial charge in [-0.15, -0.1) is 0 Å². The Morgan fingerprint density at radius 3 is 2.35 bits per heavy atom. The van der Waals surface area contributed by atoms with Crippen LogP contribution in [0.25, 0.3) is 0 Å². The third-order valence-electron chi connectivity index (χ3n) is 5.51. The van der Waals surface area contributed by atoms with Crippen molar-refractivity contribution in [3.05, 3.63) is 70.7 Å². The fraction of sp³-hybridized carbons (Fsp3) is 0.333. The molecule has 0 radical (unpaired) electrons. The Morgan fingerprint density at radius 2 is 1.71 bits per heavy atom. The molecule has 0 spiro atoms. The monoisotopic (exact) mass is 477 g/mol. The van der Waals surface area contributed by atoms with E-state index in [4.69, 9.17) is 28.9 Å². The fourth-order valence-corrected chi connectivity index (χ4v) is 5.37.